The zero-order valence-electron chi connectivity index (χ0n) is 13.7. The number of allylic oxidation sites excluding steroid dienone is 3. The van der Waals surface area contributed by atoms with E-state index in [-0.39, 0.29) is 18.5 Å². The number of esters is 1. The number of aliphatic hydroxyl groups is 1. The summed E-state index contributed by atoms with van der Waals surface area (Å²) in [5, 5.41) is 9.71. The lowest BCUT2D eigenvalue weighted by Crippen LogP contribution is -2.34. The van der Waals surface area contributed by atoms with E-state index in [4.69, 9.17) is 4.74 Å². The van der Waals surface area contributed by atoms with Gasteiger partial charge in [-0.25, -0.2) is 0 Å². The Morgan fingerprint density at radius 3 is 2.77 bits per heavy atom. The summed E-state index contributed by atoms with van der Waals surface area (Å²) in [6.45, 7) is 4.64. The van der Waals surface area contributed by atoms with Gasteiger partial charge in [0.2, 0.25) is 0 Å². The molecule has 0 aromatic carbocycles. The zero-order valence-corrected chi connectivity index (χ0v) is 13.7. The first-order chi connectivity index (χ1) is 10.5. The van der Waals surface area contributed by atoms with Crippen molar-refractivity contribution < 1.29 is 14.6 Å². The first-order valence-corrected chi connectivity index (χ1v) is 8.77. The van der Waals surface area contributed by atoms with E-state index in [1.54, 1.807) is 0 Å². The summed E-state index contributed by atoms with van der Waals surface area (Å²) >= 11 is 0. The Hall–Kier alpha value is -1.09. The molecule has 7 atom stereocenters. The van der Waals surface area contributed by atoms with Crippen molar-refractivity contribution in [2.45, 2.75) is 58.2 Å². The molecule has 2 fully saturated rings. The maximum atomic E-state index is 11.4. The molecule has 122 valence electrons. The lowest BCUT2D eigenvalue weighted by Gasteiger charge is -2.42. The summed E-state index contributed by atoms with van der Waals surface area (Å²) in [4.78, 5) is 11.4. The molecule has 3 nitrogen and oxygen atoms in total. The van der Waals surface area contributed by atoms with Crippen LogP contribution in [0.4, 0.5) is 0 Å². The highest BCUT2D eigenvalue weighted by Crippen LogP contribution is 2.45. The Kier molecular flexibility index (Phi) is 4.72. The highest BCUT2D eigenvalue weighted by atomic mass is 16.5. The van der Waals surface area contributed by atoms with Gasteiger partial charge in [-0.3, -0.25) is 4.79 Å². The predicted molar refractivity (Wildman–Crippen MR) is 86.0 cm³/mol. The second kappa shape index (κ2) is 6.57. The average molecular weight is 304 g/mol. The van der Waals surface area contributed by atoms with Crippen molar-refractivity contribution >= 4 is 5.97 Å². The molecule has 1 aliphatic heterocycles. The Morgan fingerprint density at radius 2 is 2.00 bits per heavy atom. The van der Waals surface area contributed by atoms with Crippen LogP contribution in [0.2, 0.25) is 0 Å². The molecule has 0 spiro atoms. The standard InChI is InChI=1S/C19H28O3/c1-12-3-7-18-14(9-12)5-4-13(2)17(18)8-6-16-10-15(20)11-19(21)22-16/h4-6,8,12-18,20H,3,7,9-11H2,1-2H3/b8-6+/t12-,13+,14+,15-,16-,17+,18+/m1/s1. The summed E-state index contributed by atoms with van der Waals surface area (Å²) in [6.07, 6.45) is 12.8. The fourth-order valence-corrected chi connectivity index (χ4v) is 4.48. The van der Waals surface area contributed by atoms with Gasteiger partial charge in [0.25, 0.3) is 0 Å². The summed E-state index contributed by atoms with van der Waals surface area (Å²) < 4.78 is 5.33. The normalized spacial score (nSPS) is 45.6. The van der Waals surface area contributed by atoms with Gasteiger partial charge in [0.05, 0.1) is 12.5 Å². The topological polar surface area (TPSA) is 46.5 Å². The third-order valence-electron chi connectivity index (χ3n) is 5.72. The second-order valence-corrected chi connectivity index (χ2v) is 7.57. The molecule has 3 rings (SSSR count). The molecule has 2 aliphatic carbocycles. The summed E-state index contributed by atoms with van der Waals surface area (Å²) in [7, 11) is 0. The SMILES string of the molecule is C[C@@H]1CC[C@@H]2[C@@H](/C=C/[C@@H]3C[C@@H](O)CC(=O)O3)[C@@H](C)C=C[C@H]2C1. The molecule has 1 heterocycles. The van der Waals surface area contributed by atoms with E-state index in [0.717, 1.165) is 11.8 Å². The number of carbonyl (C=O) groups is 1. The second-order valence-electron chi connectivity index (χ2n) is 7.57. The van der Waals surface area contributed by atoms with Gasteiger partial charge in [0.15, 0.2) is 0 Å². The lowest BCUT2D eigenvalue weighted by atomic mass is 9.63. The van der Waals surface area contributed by atoms with Crippen LogP contribution in [0.3, 0.4) is 0 Å². The molecule has 0 aromatic rings. The predicted octanol–water partition coefficient (Wildman–Crippen LogP) is 3.48. The van der Waals surface area contributed by atoms with E-state index < -0.39 is 6.10 Å². The fourth-order valence-electron chi connectivity index (χ4n) is 4.48. The van der Waals surface area contributed by atoms with Crippen LogP contribution < -0.4 is 0 Å². The van der Waals surface area contributed by atoms with Gasteiger partial charge < -0.3 is 9.84 Å². The van der Waals surface area contributed by atoms with Crippen molar-refractivity contribution in [3.8, 4) is 0 Å². The van der Waals surface area contributed by atoms with Crippen molar-refractivity contribution in [3.05, 3.63) is 24.3 Å². The summed E-state index contributed by atoms with van der Waals surface area (Å²) in [6, 6.07) is 0. The lowest BCUT2D eigenvalue weighted by molar-refractivity contribution is -0.156. The van der Waals surface area contributed by atoms with Crippen LogP contribution in [-0.2, 0) is 9.53 Å². The molecule has 1 saturated heterocycles. The largest absolute Gasteiger partial charge is 0.458 e. The van der Waals surface area contributed by atoms with Crippen LogP contribution in [0.5, 0.6) is 0 Å². The van der Waals surface area contributed by atoms with Crippen molar-refractivity contribution in [2.24, 2.45) is 29.6 Å². The van der Waals surface area contributed by atoms with Crippen molar-refractivity contribution in [3.63, 3.8) is 0 Å². The Labute approximate surface area is 133 Å². The number of hydrogen-bond donors (Lipinski definition) is 1. The van der Waals surface area contributed by atoms with E-state index >= 15 is 0 Å². The minimum atomic E-state index is -0.553. The molecule has 3 heteroatoms. The summed E-state index contributed by atoms with van der Waals surface area (Å²) in [5.41, 5.74) is 0. The summed E-state index contributed by atoms with van der Waals surface area (Å²) in [5.74, 6) is 3.04. The Balaban J connectivity index is 1.69. The molecule has 0 amide bonds. The minimum Gasteiger partial charge on any atom is -0.458 e. The van der Waals surface area contributed by atoms with Gasteiger partial charge in [0.1, 0.15) is 6.10 Å². The number of cyclic esters (lactones) is 1. The van der Waals surface area contributed by atoms with E-state index in [0.29, 0.717) is 24.2 Å². The molecule has 1 saturated carbocycles. The Bertz CT molecular complexity index is 467. The molecular weight excluding hydrogens is 276 g/mol. The molecular formula is C19H28O3. The highest BCUT2D eigenvalue weighted by molar-refractivity contribution is 5.71. The molecule has 1 N–H and O–H groups in total. The average Bonchev–Trinajstić information content (AvgIpc) is 2.45. The number of hydrogen-bond acceptors (Lipinski definition) is 3. The Morgan fingerprint density at radius 1 is 1.18 bits per heavy atom. The number of carbonyl (C=O) groups excluding carboxylic acids is 1. The molecule has 3 aliphatic rings. The van der Waals surface area contributed by atoms with Crippen LogP contribution in [0.1, 0.15) is 46.0 Å². The van der Waals surface area contributed by atoms with E-state index in [2.05, 4.69) is 32.1 Å². The van der Waals surface area contributed by atoms with E-state index in [9.17, 15) is 9.90 Å². The number of ether oxygens (including phenoxy) is 1. The number of rotatable bonds is 2. The van der Waals surface area contributed by atoms with Crippen molar-refractivity contribution in [2.75, 3.05) is 0 Å². The zero-order chi connectivity index (χ0) is 15.7. The third-order valence-corrected chi connectivity index (χ3v) is 5.72. The van der Waals surface area contributed by atoms with Crippen LogP contribution >= 0.6 is 0 Å². The monoisotopic (exact) mass is 304 g/mol. The minimum absolute atomic E-state index is 0.134. The quantitative estimate of drug-likeness (QED) is 0.627. The van der Waals surface area contributed by atoms with Crippen LogP contribution in [0, 0.1) is 29.6 Å². The fraction of sp³-hybridized carbons (Fsp3) is 0.737. The smallest absolute Gasteiger partial charge is 0.309 e. The van der Waals surface area contributed by atoms with Crippen molar-refractivity contribution in [1.82, 2.24) is 0 Å². The van der Waals surface area contributed by atoms with Crippen LogP contribution in [0.15, 0.2) is 24.3 Å². The molecule has 0 unspecified atom stereocenters. The first-order valence-electron chi connectivity index (χ1n) is 8.77. The third kappa shape index (κ3) is 3.45. The van der Waals surface area contributed by atoms with Gasteiger partial charge in [-0.05, 0) is 48.5 Å². The van der Waals surface area contributed by atoms with E-state index in [1.165, 1.54) is 19.3 Å². The highest BCUT2D eigenvalue weighted by Gasteiger charge is 2.36. The molecule has 0 radical (unpaired) electrons. The van der Waals surface area contributed by atoms with Gasteiger partial charge in [0, 0.05) is 6.42 Å². The van der Waals surface area contributed by atoms with Gasteiger partial charge in [-0.2, -0.15) is 0 Å². The molecule has 0 aromatic heterocycles. The molecule has 0 bridgehead atoms. The van der Waals surface area contributed by atoms with Crippen molar-refractivity contribution in [1.29, 1.82) is 0 Å². The first kappa shape index (κ1) is 15.8. The number of aliphatic hydroxyl groups excluding tert-OH is 1. The van der Waals surface area contributed by atoms with Crippen LogP contribution in [-0.4, -0.2) is 23.3 Å². The molecule has 22 heavy (non-hydrogen) atoms. The maximum Gasteiger partial charge on any atom is 0.309 e. The number of fused-ring (bicyclic) bond motifs is 1. The van der Waals surface area contributed by atoms with Gasteiger partial charge in [-0.1, -0.05) is 38.5 Å². The maximum absolute atomic E-state index is 11.4. The van der Waals surface area contributed by atoms with Crippen LogP contribution in [0.25, 0.3) is 0 Å². The van der Waals surface area contributed by atoms with Gasteiger partial charge in [-0.15, -0.1) is 0 Å². The van der Waals surface area contributed by atoms with Gasteiger partial charge >= 0.3 is 5.97 Å². The van der Waals surface area contributed by atoms with E-state index in [1.807, 2.05) is 6.08 Å².